The lowest BCUT2D eigenvalue weighted by molar-refractivity contribution is 0.0694. The van der Waals surface area contributed by atoms with Crippen LogP contribution in [0.2, 0.25) is 5.02 Å². The third-order valence-electron chi connectivity index (χ3n) is 4.70. The molecule has 1 atom stereocenters. The van der Waals surface area contributed by atoms with Crippen molar-refractivity contribution in [1.82, 2.24) is 4.57 Å². The summed E-state index contributed by atoms with van der Waals surface area (Å²) in [7, 11) is 1.58. The molecule has 1 aliphatic heterocycles. The van der Waals surface area contributed by atoms with Gasteiger partial charge in [0.05, 0.1) is 23.4 Å². The Labute approximate surface area is 167 Å². The van der Waals surface area contributed by atoms with Crippen LogP contribution in [0.4, 0.5) is 0 Å². The summed E-state index contributed by atoms with van der Waals surface area (Å²) in [6, 6.07) is 4.54. The summed E-state index contributed by atoms with van der Waals surface area (Å²) in [6.07, 6.45) is 1.39. The maximum absolute atomic E-state index is 12.4. The summed E-state index contributed by atoms with van der Waals surface area (Å²) in [5.74, 6) is -0.133. The highest BCUT2D eigenvalue weighted by molar-refractivity contribution is 6.32. The van der Waals surface area contributed by atoms with Crippen molar-refractivity contribution in [3.05, 3.63) is 45.2 Å². The number of fused-ring (bicyclic) bond motifs is 3. The number of aromatic carboxylic acids is 1. The van der Waals surface area contributed by atoms with E-state index in [1.165, 1.54) is 12.3 Å². The second-order valence-electron chi connectivity index (χ2n) is 6.89. The number of carboxylic acids is 1. The quantitative estimate of drug-likeness (QED) is 0.737. The fraction of sp³-hybridized carbons (Fsp3) is 0.400. The molecule has 2 heterocycles. The molecular formula is C20H22ClNO6. The van der Waals surface area contributed by atoms with Crippen LogP contribution in [0.3, 0.4) is 0 Å². The van der Waals surface area contributed by atoms with Gasteiger partial charge in [-0.1, -0.05) is 25.4 Å². The van der Waals surface area contributed by atoms with Gasteiger partial charge >= 0.3 is 5.97 Å². The summed E-state index contributed by atoms with van der Waals surface area (Å²) in [5, 5.41) is 9.71. The average molecular weight is 408 g/mol. The van der Waals surface area contributed by atoms with Gasteiger partial charge in [-0.05, 0) is 12.0 Å². The van der Waals surface area contributed by atoms with E-state index in [0.717, 1.165) is 0 Å². The molecule has 0 spiro atoms. The number of halogens is 1. The first-order valence-electron chi connectivity index (χ1n) is 8.91. The van der Waals surface area contributed by atoms with Gasteiger partial charge in [-0.3, -0.25) is 4.79 Å². The van der Waals surface area contributed by atoms with E-state index in [9.17, 15) is 14.7 Å². The highest BCUT2D eigenvalue weighted by Crippen LogP contribution is 2.42. The topological polar surface area (TPSA) is 87.0 Å². The molecule has 28 heavy (non-hydrogen) atoms. The summed E-state index contributed by atoms with van der Waals surface area (Å²) >= 11 is 6.38. The van der Waals surface area contributed by atoms with Crippen molar-refractivity contribution in [1.29, 1.82) is 0 Å². The Kier molecular flexibility index (Phi) is 5.96. The molecule has 0 fully saturated rings. The Morgan fingerprint density at radius 3 is 2.75 bits per heavy atom. The summed E-state index contributed by atoms with van der Waals surface area (Å²) < 4.78 is 18.4. The lowest BCUT2D eigenvalue weighted by atomic mass is 10.0. The average Bonchev–Trinajstić information content (AvgIpc) is 2.78. The van der Waals surface area contributed by atoms with Gasteiger partial charge in [0.1, 0.15) is 30.3 Å². The molecule has 1 aliphatic rings. The van der Waals surface area contributed by atoms with E-state index in [-0.39, 0.29) is 17.5 Å². The predicted molar refractivity (Wildman–Crippen MR) is 105 cm³/mol. The monoisotopic (exact) mass is 407 g/mol. The van der Waals surface area contributed by atoms with E-state index in [0.29, 0.717) is 47.6 Å². The number of benzene rings is 1. The Morgan fingerprint density at radius 2 is 2.11 bits per heavy atom. The van der Waals surface area contributed by atoms with Gasteiger partial charge in [0, 0.05) is 31.0 Å². The second kappa shape index (κ2) is 8.24. The van der Waals surface area contributed by atoms with Crippen molar-refractivity contribution in [3.8, 4) is 22.8 Å². The Bertz CT molecular complexity index is 952. The van der Waals surface area contributed by atoms with Crippen molar-refractivity contribution >= 4 is 17.6 Å². The van der Waals surface area contributed by atoms with Gasteiger partial charge in [0.15, 0.2) is 5.43 Å². The van der Waals surface area contributed by atoms with Gasteiger partial charge in [-0.25, -0.2) is 4.79 Å². The van der Waals surface area contributed by atoms with Gasteiger partial charge < -0.3 is 23.9 Å². The van der Waals surface area contributed by atoms with E-state index in [1.54, 1.807) is 23.8 Å². The molecule has 0 radical (unpaired) electrons. The number of pyridine rings is 1. The third kappa shape index (κ3) is 3.86. The predicted octanol–water partition coefficient (Wildman–Crippen LogP) is 3.48. The highest BCUT2D eigenvalue weighted by atomic mass is 35.5. The molecule has 1 aromatic carbocycles. The summed E-state index contributed by atoms with van der Waals surface area (Å²) in [6.45, 7) is 5.09. The van der Waals surface area contributed by atoms with Crippen LogP contribution in [0, 0.1) is 5.92 Å². The van der Waals surface area contributed by atoms with Gasteiger partial charge in [-0.15, -0.1) is 0 Å². The van der Waals surface area contributed by atoms with E-state index < -0.39 is 11.4 Å². The standard InChI is InChI=1S/C20H22ClNO6/c1-11(2)16-10-28-18-8-19(27-5-4-26-3)14(21)6-12(18)15-7-17(23)13(20(24)25)9-22(15)16/h6-9,11,16H,4-5,10H2,1-3H3,(H,24,25)/t16-/m1/s1. The van der Waals surface area contributed by atoms with Crippen LogP contribution in [-0.2, 0) is 4.74 Å². The fourth-order valence-corrected chi connectivity index (χ4v) is 3.39. The summed E-state index contributed by atoms with van der Waals surface area (Å²) in [5.41, 5.74) is 0.335. The smallest absolute Gasteiger partial charge is 0.341 e. The van der Waals surface area contributed by atoms with Gasteiger partial charge in [0.25, 0.3) is 0 Å². The minimum atomic E-state index is -1.26. The van der Waals surface area contributed by atoms with Gasteiger partial charge in [0.2, 0.25) is 0 Å². The molecule has 0 unspecified atom stereocenters. The first-order valence-corrected chi connectivity index (χ1v) is 9.29. The minimum Gasteiger partial charge on any atom is -0.491 e. The molecular weight excluding hydrogens is 386 g/mol. The molecule has 8 heteroatoms. The van der Waals surface area contributed by atoms with Crippen molar-refractivity contribution in [3.63, 3.8) is 0 Å². The largest absolute Gasteiger partial charge is 0.491 e. The van der Waals surface area contributed by atoms with Crippen molar-refractivity contribution < 1.29 is 24.1 Å². The molecule has 0 saturated heterocycles. The molecule has 0 aliphatic carbocycles. The number of methoxy groups -OCH3 is 1. The van der Waals surface area contributed by atoms with Crippen LogP contribution in [0.15, 0.2) is 29.2 Å². The SMILES string of the molecule is COCCOc1cc2c(cc1Cl)-c1cc(=O)c(C(=O)O)cn1[C@@H](C(C)C)CO2. The normalized spacial score (nSPS) is 15.4. The van der Waals surface area contributed by atoms with E-state index in [4.69, 9.17) is 25.8 Å². The first-order chi connectivity index (χ1) is 13.3. The summed E-state index contributed by atoms with van der Waals surface area (Å²) in [4.78, 5) is 23.8. The third-order valence-corrected chi connectivity index (χ3v) is 5.00. The zero-order chi connectivity index (χ0) is 20.4. The van der Waals surface area contributed by atoms with E-state index in [2.05, 4.69) is 0 Å². The fourth-order valence-electron chi connectivity index (χ4n) is 3.17. The Balaban J connectivity index is 2.16. The van der Waals surface area contributed by atoms with Crippen LogP contribution < -0.4 is 14.9 Å². The van der Waals surface area contributed by atoms with Crippen molar-refractivity contribution in [2.75, 3.05) is 26.9 Å². The number of carbonyl (C=O) groups is 1. The lowest BCUT2D eigenvalue weighted by Gasteiger charge is -2.24. The van der Waals surface area contributed by atoms with Crippen molar-refractivity contribution in [2.24, 2.45) is 5.92 Å². The Morgan fingerprint density at radius 1 is 1.36 bits per heavy atom. The molecule has 7 nitrogen and oxygen atoms in total. The number of nitrogens with zero attached hydrogens (tertiary/aromatic N) is 1. The molecule has 2 aromatic rings. The number of hydrogen-bond donors (Lipinski definition) is 1. The maximum Gasteiger partial charge on any atom is 0.341 e. The van der Waals surface area contributed by atoms with Crippen LogP contribution >= 0.6 is 11.6 Å². The first kappa shape index (κ1) is 20.2. The van der Waals surface area contributed by atoms with Crippen LogP contribution in [0.25, 0.3) is 11.3 Å². The maximum atomic E-state index is 12.4. The molecule has 3 rings (SSSR count). The van der Waals surface area contributed by atoms with Crippen LogP contribution in [-0.4, -0.2) is 42.6 Å². The molecule has 0 amide bonds. The minimum absolute atomic E-state index is 0.144. The Hall–Kier alpha value is -2.51. The molecule has 0 saturated carbocycles. The molecule has 0 bridgehead atoms. The zero-order valence-corrected chi connectivity index (χ0v) is 16.7. The van der Waals surface area contributed by atoms with Gasteiger partial charge in [-0.2, -0.15) is 0 Å². The highest BCUT2D eigenvalue weighted by Gasteiger charge is 2.27. The van der Waals surface area contributed by atoms with Crippen LogP contribution in [0.1, 0.15) is 30.2 Å². The number of carboxylic acid groups (broad SMARTS) is 1. The van der Waals surface area contributed by atoms with E-state index in [1.807, 2.05) is 13.8 Å². The lowest BCUT2D eigenvalue weighted by Crippen LogP contribution is -2.25. The zero-order valence-electron chi connectivity index (χ0n) is 15.9. The van der Waals surface area contributed by atoms with Crippen LogP contribution in [0.5, 0.6) is 11.5 Å². The number of hydrogen-bond acceptors (Lipinski definition) is 5. The molecule has 1 N–H and O–H groups in total. The van der Waals surface area contributed by atoms with Crippen molar-refractivity contribution in [2.45, 2.75) is 19.9 Å². The number of aromatic nitrogens is 1. The number of ether oxygens (including phenoxy) is 3. The molecule has 150 valence electrons. The molecule has 1 aromatic heterocycles. The second-order valence-corrected chi connectivity index (χ2v) is 7.30. The van der Waals surface area contributed by atoms with E-state index >= 15 is 0 Å². The number of rotatable bonds is 6.